The van der Waals surface area contributed by atoms with Gasteiger partial charge in [0.05, 0.1) is 18.8 Å². The molecule has 0 rings (SSSR count). The van der Waals surface area contributed by atoms with Crippen molar-refractivity contribution in [1.29, 1.82) is 0 Å². The summed E-state index contributed by atoms with van der Waals surface area (Å²) in [5.74, 6) is -0.0416. The third-order valence-corrected chi connectivity index (χ3v) is 14.9. The predicted octanol–water partition coefficient (Wildman–Crippen LogP) is 22.3. The second-order valence-electron chi connectivity index (χ2n) is 22.2. The number of allylic oxidation sites excluding steroid dienone is 14. The van der Waals surface area contributed by atoms with Crippen molar-refractivity contribution in [2.75, 3.05) is 6.61 Å². The highest BCUT2D eigenvalue weighted by molar-refractivity contribution is 5.76. The normalized spacial score (nSPS) is 13.3. The van der Waals surface area contributed by atoms with Crippen LogP contribution in [0.15, 0.2) is 85.1 Å². The SMILES string of the molecule is CC/C=C\C/C=C\C/C=C\C/C=C\C/C=C\C/C=C\C/C=C\CCCCCCCCCC(=O)NC(CO)C(O)CCCCCCCCCCCCCCCCCCCCCCCCCCCCCCCCCCC. The van der Waals surface area contributed by atoms with E-state index in [-0.39, 0.29) is 12.5 Å². The number of hydrogen-bond acceptors (Lipinski definition) is 3. The van der Waals surface area contributed by atoms with E-state index in [4.69, 9.17) is 0 Å². The zero-order valence-corrected chi connectivity index (χ0v) is 49.6. The highest BCUT2D eigenvalue weighted by atomic mass is 16.3. The largest absolute Gasteiger partial charge is 0.394 e. The highest BCUT2D eigenvalue weighted by Gasteiger charge is 2.20. The Morgan fingerprint density at radius 2 is 0.595 bits per heavy atom. The van der Waals surface area contributed by atoms with Gasteiger partial charge in [0, 0.05) is 6.42 Å². The molecule has 2 unspecified atom stereocenters. The number of hydrogen-bond donors (Lipinski definition) is 3. The van der Waals surface area contributed by atoms with Crippen LogP contribution >= 0.6 is 0 Å². The van der Waals surface area contributed by atoms with E-state index in [1.165, 1.54) is 225 Å². The number of unbranched alkanes of at least 4 members (excludes halogenated alkanes) is 39. The van der Waals surface area contributed by atoms with Crippen LogP contribution in [0.4, 0.5) is 0 Å². The van der Waals surface area contributed by atoms with Crippen LogP contribution in [0.1, 0.15) is 335 Å². The molecule has 0 aromatic rings. The summed E-state index contributed by atoms with van der Waals surface area (Å²) >= 11 is 0. The van der Waals surface area contributed by atoms with E-state index in [1.807, 2.05) is 0 Å². The molecule has 4 heteroatoms. The molecule has 0 heterocycles. The maximum absolute atomic E-state index is 12.5. The molecular weight excluding hydrogens is 903 g/mol. The maximum Gasteiger partial charge on any atom is 0.220 e. The Morgan fingerprint density at radius 3 is 0.892 bits per heavy atom. The molecule has 1 amide bonds. The van der Waals surface area contributed by atoms with Gasteiger partial charge in [0.25, 0.3) is 0 Å². The Balaban J connectivity index is 3.48. The van der Waals surface area contributed by atoms with E-state index >= 15 is 0 Å². The summed E-state index contributed by atoms with van der Waals surface area (Å²) in [6.45, 7) is 4.27. The molecule has 3 N–H and O–H groups in total. The average Bonchev–Trinajstić information content (AvgIpc) is 3.40. The van der Waals surface area contributed by atoms with E-state index in [9.17, 15) is 15.0 Å². The van der Waals surface area contributed by atoms with Gasteiger partial charge in [-0.25, -0.2) is 0 Å². The topological polar surface area (TPSA) is 69.6 Å². The number of rotatable bonds is 60. The fraction of sp³-hybridized carbons (Fsp3) is 0.786. The number of nitrogens with one attached hydrogen (secondary N) is 1. The van der Waals surface area contributed by atoms with E-state index in [2.05, 4.69) is 104 Å². The van der Waals surface area contributed by atoms with Gasteiger partial charge in [-0.1, -0.05) is 343 Å². The molecule has 2 atom stereocenters. The molecule has 0 aliphatic carbocycles. The molecular formula is C70H127NO3. The first-order valence-electron chi connectivity index (χ1n) is 32.8. The molecule has 0 radical (unpaired) electrons. The zero-order chi connectivity index (χ0) is 53.4. The minimum absolute atomic E-state index is 0.0416. The second kappa shape index (κ2) is 64.9. The Hall–Kier alpha value is -2.43. The van der Waals surface area contributed by atoms with Crippen LogP contribution in [0.3, 0.4) is 0 Å². The van der Waals surface area contributed by atoms with Crippen molar-refractivity contribution in [3.63, 3.8) is 0 Å². The van der Waals surface area contributed by atoms with Gasteiger partial charge >= 0.3 is 0 Å². The quantitative estimate of drug-likeness (QED) is 0.0420. The summed E-state index contributed by atoms with van der Waals surface area (Å²) < 4.78 is 0. The molecule has 0 spiro atoms. The smallest absolute Gasteiger partial charge is 0.220 e. The Bertz CT molecular complexity index is 1310. The Morgan fingerprint density at radius 1 is 0.338 bits per heavy atom. The molecule has 0 bridgehead atoms. The lowest BCUT2D eigenvalue weighted by atomic mass is 10.0. The van der Waals surface area contributed by atoms with Crippen molar-refractivity contribution in [2.24, 2.45) is 0 Å². The van der Waals surface area contributed by atoms with Crippen LogP contribution in [0, 0.1) is 0 Å². The molecule has 0 aliphatic rings. The lowest BCUT2D eigenvalue weighted by Crippen LogP contribution is -2.45. The Labute approximate surface area is 462 Å². The third kappa shape index (κ3) is 60.4. The molecule has 0 saturated carbocycles. The van der Waals surface area contributed by atoms with E-state index in [1.54, 1.807) is 0 Å². The summed E-state index contributed by atoms with van der Waals surface area (Å²) in [6, 6.07) is -0.550. The molecule has 0 aromatic carbocycles. The van der Waals surface area contributed by atoms with Gasteiger partial charge in [-0.05, 0) is 70.6 Å². The first kappa shape index (κ1) is 71.6. The molecule has 4 nitrogen and oxygen atoms in total. The van der Waals surface area contributed by atoms with Crippen LogP contribution < -0.4 is 5.32 Å². The predicted molar refractivity (Wildman–Crippen MR) is 331 cm³/mol. The van der Waals surface area contributed by atoms with Crippen molar-refractivity contribution in [1.82, 2.24) is 5.32 Å². The molecule has 74 heavy (non-hydrogen) atoms. The average molecular weight is 1030 g/mol. The van der Waals surface area contributed by atoms with Gasteiger partial charge in [0.15, 0.2) is 0 Å². The molecule has 430 valence electrons. The standard InChI is InChI=1S/C70H127NO3/c1-3-5-7-9-11-13-15-17-19-21-23-25-27-29-31-33-34-35-36-38-39-41-43-45-47-49-51-53-55-57-59-61-63-65-69(73)68(67-72)71-70(74)66-64-62-60-58-56-54-52-50-48-46-44-42-40-37-32-30-28-26-24-22-20-18-16-14-12-10-8-6-4-2/h6,8,12,14,18,20,24,26,30,32,40,42,46,48,68-69,72-73H,3-5,7,9-11,13,15-17,19,21-23,25,27-29,31,33-39,41,43-45,47,49-67H2,1-2H3,(H,71,74)/b8-6-,14-12-,20-18-,26-24-,32-30-,42-40-,48-46-. The number of amides is 1. The molecule has 0 aromatic heterocycles. The number of carbonyl (C=O) groups excluding carboxylic acids is 1. The van der Waals surface area contributed by atoms with Crippen molar-refractivity contribution in [2.45, 2.75) is 347 Å². The van der Waals surface area contributed by atoms with E-state index in [0.717, 1.165) is 83.5 Å². The van der Waals surface area contributed by atoms with E-state index in [0.29, 0.717) is 12.8 Å². The van der Waals surface area contributed by atoms with Crippen molar-refractivity contribution in [3.8, 4) is 0 Å². The zero-order valence-electron chi connectivity index (χ0n) is 49.6. The third-order valence-electron chi connectivity index (χ3n) is 14.9. The van der Waals surface area contributed by atoms with Crippen molar-refractivity contribution < 1.29 is 15.0 Å². The van der Waals surface area contributed by atoms with Crippen LogP contribution in [0.2, 0.25) is 0 Å². The molecule has 0 aliphatic heterocycles. The summed E-state index contributed by atoms with van der Waals surface area (Å²) in [5.41, 5.74) is 0. The summed E-state index contributed by atoms with van der Waals surface area (Å²) in [7, 11) is 0. The first-order valence-corrected chi connectivity index (χ1v) is 32.8. The van der Waals surface area contributed by atoms with Crippen LogP contribution in [-0.2, 0) is 4.79 Å². The number of aliphatic hydroxyl groups excluding tert-OH is 2. The highest BCUT2D eigenvalue weighted by Crippen LogP contribution is 2.18. The fourth-order valence-electron chi connectivity index (χ4n) is 9.99. The maximum atomic E-state index is 12.5. The van der Waals surface area contributed by atoms with E-state index < -0.39 is 12.1 Å². The van der Waals surface area contributed by atoms with Gasteiger partial charge in [0.2, 0.25) is 5.91 Å². The summed E-state index contributed by atoms with van der Waals surface area (Å²) in [6.07, 6.45) is 94.7. The van der Waals surface area contributed by atoms with Gasteiger partial charge in [-0.3, -0.25) is 4.79 Å². The summed E-state index contributed by atoms with van der Waals surface area (Å²) in [5, 5.41) is 23.4. The number of aliphatic hydroxyl groups is 2. The first-order chi connectivity index (χ1) is 36.7. The number of carbonyl (C=O) groups is 1. The van der Waals surface area contributed by atoms with Crippen molar-refractivity contribution in [3.05, 3.63) is 85.1 Å². The van der Waals surface area contributed by atoms with Crippen LogP contribution in [0.5, 0.6) is 0 Å². The second-order valence-corrected chi connectivity index (χ2v) is 22.2. The minimum atomic E-state index is -0.672. The summed E-state index contributed by atoms with van der Waals surface area (Å²) in [4.78, 5) is 12.5. The van der Waals surface area contributed by atoms with Gasteiger partial charge in [-0.2, -0.15) is 0 Å². The van der Waals surface area contributed by atoms with Gasteiger partial charge in [-0.15, -0.1) is 0 Å². The minimum Gasteiger partial charge on any atom is -0.394 e. The lowest BCUT2D eigenvalue weighted by Gasteiger charge is -2.22. The van der Waals surface area contributed by atoms with Gasteiger partial charge in [0.1, 0.15) is 0 Å². The van der Waals surface area contributed by atoms with Crippen LogP contribution in [0.25, 0.3) is 0 Å². The fourth-order valence-corrected chi connectivity index (χ4v) is 9.99. The molecule has 0 saturated heterocycles. The Kier molecular flexibility index (Phi) is 62.7. The van der Waals surface area contributed by atoms with Gasteiger partial charge < -0.3 is 15.5 Å². The monoisotopic (exact) mass is 1030 g/mol. The molecule has 0 fully saturated rings. The van der Waals surface area contributed by atoms with Crippen molar-refractivity contribution >= 4 is 5.91 Å². The van der Waals surface area contributed by atoms with Crippen LogP contribution in [-0.4, -0.2) is 34.9 Å². The lowest BCUT2D eigenvalue weighted by molar-refractivity contribution is -0.123.